The van der Waals surface area contributed by atoms with E-state index in [4.69, 9.17) is 4.74 Å². The lowest BCUT2D eigenvalue weighted by atomic mass is 10.0. The van der Waals surface area contributed by atoms with E-state index in [1.165, 1.54) is 0 Å². The first-order valence-corrected chi connectivity index (χ1v) is 7.11. The van der Waals surface area contributed by atoms with Gasteiger partial charge in [0.1, 0.15) is 11.8 Å². The van der Waals surface area contributed by atoms with E-state index in [1.807, 2.05) is 50.2 Å². The monoisotopic (exact) mass is 287 g/mol. The van der Waals surface area contributed by atoms with Crippen LogP contribution in [0.3, 0.4) is 0 Å². The molecule has 0 aliphatic rings. The zero-order chi connectivity index (χ0) is 15.4. The van der Waals surface area contributed by atoms with E-state index < -0.39 is 12.0 Å². The van der Waals surface area contributed by atoms with Crippen LogP contribution in [0.1, 0.15) is 31.9 Å². The van der Waals surface area contributed by atoms with Gasteiger partial charge in [0.15, 0.2) is 0 Å². The van der Waals surface area contributed by atoms with Crippen molar-refractivity contribution < 1.29 is 14.6 Å². The predicted octanol–water partition coefficient (Wildman–Crippen LogP) is 3.36. The molecule has 0 spiro atoms. The highest BCUT2D eigenvalue weighted by atomic mass is 16.5. The van der Waals surface area contributed by atoms with E-state index in [2.05, 4.69) is 5.32 Å². The highest BCUT2D eigenvalue weighted by molar-refractivity contribution is 5.86. The Hall–Kier alpha value is -2.07. The molecule has 0 saturated heterocycles. The van der Waals surface area contributed by atoms with Crippen LogP contribution in [0.15, 0.2) is 36.4 Å². The van der Waals surface area contributed by atoms with Crippen LogP contribution in [0.2, 0.25) is 0 Å². The Balaban J connectivity index is 2.37. The minimum absolute atomic E-state index is 0.151. The fourth-order valence-electron chi connectivity index (χ4n) is 2.26. The number of ether oxygens (including phenoxy) is 1. The SMILES string of the molecule is CCC(C)NC(C(=O)O)c1ccc2cc(OC)ccc2c1. The van der Waals surface area contributed by atoms with Crippen molar-refractivity contribution in [3.05, 3.63) is 42.0 Å². The van der Waals surface area contributed by atoms with Crippen molar-refractivity contribution in [3.63, 3.8) is 0 Å². The molecule has 2 N–H and O–H groups in total. The standard InChI is InChI=1S/C17H21NO3/c1-4-11(2)18-16(17(19)20)14-6-5-13-10-15(21-3)8-7-12(13)9-14/h5-11,16,18H,4H2,1-3H3,(H,19,20). The van der Waals surface area contributed by atoms with E-state index in [9.17, 15) is 9.90 Å². The van der Waals surface area contributed by atoms with Crippen LogP contribution in [0.25, 0.3) is 10.8 Å². The second kappa shape index (κ2) is 6.59. The number of rotatable bonds is 6. The average molecular weight is 287 g/mol. The summed E-state index contributed by atoms with van der Waals surface area (Å²) in [5.74, 6) is -0.0640. The molecule has 2 aromatic rings. The van der Waals surface area contributed by atoms with E-state index >= 15 is 0 Å². The van der Waals surface area contributed by atoms with Crippen molar-refractivity contribution in [2.45, 2.75) is 32.4 Å². The molecule has 4 nitrogen and oxygen atoms in total. The summed E-state index contributed by atoms with van der Waals surface area (Å²) in [5.41, 5.74) is 0.764. The van der Waals surface area contributed by atoms with Crippen molar-refractivity contribution in [1.29, 1.82) is 0 Å². The van der Waals surface area contributed by atoms with Crippen LogP contribution >= 0.6 is 0 Å². The van der Waals surface area contributed by atoms with Crippen molar-refractivity contribution >= 4 is 16.7 Å². The average Bonchev–Trinajstić information content (AvgIpc) is 2.50. The van der Waals surface area contributed by atoms with Crippen LogP contribution in [0, 0.1) is 0 Å². The molecule has 0 bridgehead atoms. The van der Waals surface area contributed by atoms with Gasteiger partial charge in [-0.3, -0.25) is 10.1 Å². The van der Waals surface area contributed by atoms with E-state index in [1.54, 1.807) is 7.11 Å². The van der Waals surface area contributed by atoms with Gasteiger partial charge in [-0.2, -0.15) is 0 Å². The minimum Gasteiger partial charge on any atom is -0.497 e. The number of benzene rings is 2. The summed E-state index contributed by atoms with van der Waals surface area (Å²) in [6, 6.07) is 10.9. The van der Waals surface area contributed by atoms with Crippen LogP contribution in [0.5, 0.6) is 5.75 Å². The van der Waals surface area contributed by atoms with Crippen LogP contribution < -0.4 is 10.1 Å². The lowest BCUT2D eigenvalue weighted by molar-refractivity contribution is -0.139. The summed E-state index contributed by atoms with van der Waals surface area (Å²) in [7, 11) is 1.63. The molecule has 0 heterocycles. The van der Waals surface area contributed by atoms with Crippen LogP contribution in [0.4, 0.5) is 0 Å². The van der Waals surface area contributed by atoms with Gasteiger partial charge in [0.05, 0.1) is 7.11 Å². The van der Waals surface area contributed by atoms with Gasteiger partial charge in [-0.05, 0) is 47.9 Å². The molecular weight excluding hydrogens is 266 g/mol. The second-order valence-electron chi connectivity index (χ2n) is 5.22. The Bertz CT molecular complexity index is 639. The number of carbonyl (C=O) groups is 1. The Kier molecular flexibility index (Phi) is 4.81. The highest BCUT2D eigenvalue weighted by Crippen LogP contribution is 2.25. The van der Waals surface area contributed by atoms with Gasteiger partial charge in [-0.25, -0.2) is 0 Å². The molecule has 0 amide bonds. The smallest absolute Gasteiger partial charge is 0.325 e. The molecule has 0 saturated carbocycles. The Labute approximate surface area is 124 Å². The summed E-state index contributed by atoms with van der Waals surface area (Å²) in [6.45, 7) is 4.02. The quantitative estimate of drug-likeness (QED) is 0.855. The maximum atomic E-state index is 11.5. The van der Waals surface area contributed by atoms with Crippen molar-refractivity contribution in [2.75, 3.05) is 7.11 Å². The molecule has 2 aromatic carbocycles. The first-order valence-electron chi connectivity index (χ1n) is 7.11. The highest BCUT2D eigenvalue weighted by Gasteiger charge is 2.21. The summed E-state index contributed by atoms with van der Waals surface area (Å²) >= 11 is 0. The van der Waals surface area contributed by atoms with Crippen LogP contribution in [-0.2, 0) is 4.79 Å². The molecule has 2 rings (SSSR count). The predicted molar refractivity (Wildman–Crippen MR) is 83.8 cm³/mol. The fraction of sp³-hybridized carbons (Fsp3) is 0.353. The first kappa shape index (κ1) is 15.3. The summed E-state index contributed by atoms with van der Waals surface area (Å²) in [4.78, 5) is 11.5. The third-order valence-electron chi connectivity index (χ3n) is 3.72. The summed E-state index contributed by atoms with van der Waals surface area (Å²) in [5, 5.41) is 14.6. The van der Waals surface area contributed by atoms with E-state index in [0.717, 1.165) is 28.5 Å². The molecule has 0 aliphatic carbocycles. The van der Waals surface area contributed by atoms with Gasteiger partial charge in [0, 0.05) is 6.04 Å². The molecule has 21 heavy (non-hydrogen) atoms. The van der Waals surface area contributed by atoms with Gasteiger partial charge in [0.25, 0.3) is 0 Å². The number of aliphatic carboxylic acids is 1. The number of fused-ring (bicyclic) bond motifs is 1. The summed E-state index contributed by atoms with van der Waals surface area (Å²) in [6.07, 6.45) is 0.883. The van der Waals surface area contributed by atoms with Crippen molar-refractivity contribution in [2.24, 2.45) is 0 Å². The van der Waals surface area contributed by atoms with Gasteiger partial charge in [0.2, 0.25) is 0 Å². The van der Waals surface area contributed by atoms with E-state index in [-0.39, 0.29) is 6.04 Å². The molecular formula is C17H21NO3. The van der Waals surface area contributed by atoms with Gasteiger partial charge in [-0.1, -0.05) is 25.1 Å². The number of methoxy groups -OCH3 is 1. The van der Waals surface area contributed by atoms with Crippen molar-refractivity contribution in [1.82, 2.24) is 5.32 Å². The molecule has 0 aliphatic heterocycles. The topological polar surface area (TPSA) is 58.6 Å². The maximum absolute atomic E-state index is 11.5. The number of hydrogen-bond acceptors (Lipinski definition) is 3. The van der Waals surface area contributed by atoms with Crippen molar-refractivity contribution in [3.8, 4) is 5.75 Å². The third kappa shape index (κ3) is 3.52. The van der Waals surface area contributed by atoms with Crippen LogP contribution in [-0.4, -0.2) is 24.2 Å². The molecule has 0 aromatic heterocycles. The zero-order valence-corrected chi connectivity index (χ0v) is 12.6. The second-order valence-corrected chi connectivity index (χ2v) is 5.22. The Morgan fingerprint density at radius 3 is 2.52 bits per heavy atom. The summed E-state index contributed by atoms with van der Waals surface area (Å²) < 4.78 is 5.20. The lowest BCUT2D eigenvalue weighted by Gasteiger charge is -2.20. The number of carboxylic acid groups (broad SMARTS) is 1. The minimum atomic E-state index is -0.858. The van der Waals surface area contributed by atoms with Gasteiger partial charge < -0.3 is 9.84 Å². The third-order valence-corrected chi connectivity index (χ3v) is 3.72. The molecule has 2 atom stereocenters. The number of carboxylic acids is 1. The molecule has 0 fully saturated rings. The zero-order valence-electron chi connectivity index (χ0n) is 12.6. The Morgan fingerprint density at radius 2 is 1.90 bits per heavy atom. The van der Waals surface area contributed by atoms with Gasteiger partial charge >= 0.3 is 5.97 Å². The Morgan fingerprint density at radius 1 is 1.24 bits per heavy atom. The number of nitrogens with one attached hydrogen (secondary N) is 1. The molecule has 2 unspecified atom stereocenters. The van der Waals surface area contributed by atoms with Gasteiger partial charge in [-0.15, -0.1) is 0 Å². The maximum Gasteiger partial charge on any atom is 0.325 e. The fourth-order valence-corrected chi connectivity index (χ4v) is 2.26. The molecule has 112 valence electrons. The van der Waals surface area contributed by atoms with E-state index in [0.29, 0.717) is 0 Å². The largest absolute Gasteiger partial charge is 0.497 e. The first-order chi connectivity index (χ1) is 10.0. The number of hydrogen-bond donors (Lipinski definition) is 2. The normalized spacial score (nSPS) is 13.9. The molecule has 0 radical (unpaired) electrons. The lowest BCUT2D eigenvalue weighted by Crippen LogP contribution is -2.34. The molecule has 4 heteroatoms.